The largest absolute Gasteiger partial charge is 0.487 e. The van der Waals surface area contributed by atoms with Gasteiger partial charge in [0.25, 0.3) is 0 Å². The van der Waals surface area contributed by atoms with Crippen molar-refractivity contribution in [2.24, 2.45) is 5.73 Å². The van der Waals surface area contributed by atoms with Gasteiger partial charge in [0.1, 0.15) is 11.4 Å². The lowest BCUT2D eigenvalue weighted by molar-refractivity contribution is 0.0180. The summed E-state index contributed by atoms with van der Waals surface area (Å²) in [5.41, 5.74) is 7.28. The zero-order valence-corrected chi connectivity index (χ0v) is 12.0. The van der Waals surface area contributed by atoms with Crippen molar-refractivity contribution < 1.29 is 4.74 Å². The molecular weight excluding hydrogens is 246 g/mol. The zero-order chi connectivity index (χ0) is 13.2. The molecule has 100 valence electrons. The van der Waals surface area contributed by atoms with Crippen LogP contribution in [0.25, 0.3) is 0 Å². The normalized spacial score (nSPS) is 21.2. The van der Waals surface area contributed by atoms with Crippen LogP contribution in [0.1, 0.15) is 57.6 Å². The second kappa shape index (κ2) is 5.50. The molecule has 18 heavy (non-hydrogen) atoms. The predicted molar refractivity (Wildman–Crippen MR) is 76.2 cm³/mol. The molecule has 2 N–H and O–H groups in total. The van der Waals surface area contributed by atoms with Crippen molar-refractivity contribution in [3.8, 4) is 5.75 Å². The molecular formula is C15H22ClNO. The molecule has 2 rings (SSSR count). The Balaban J connectivity index is 2.32. The van der Waals surface area contributed by atoms with E-state index < -0.39 is 0 Å². The molecule has 1 aromatic carbocycles. The molecule has 0 radical (unpaired) electrons. The minimum absolute atomic E-state index is 0.0329. The van der Waals surface area contributed by atoms with Crippen LogP contribution in [-0.4, -0.2) is 5.60 Å². The molecule has 3 heteroatoms. The molecule has 0 fully saturated rings. The summed E-state index contributed by atoms with van der Waals surface area (Å²) >= 11 is 6.02. The van der Waals surface area contributed by atoms with Gasteiger partial charge < -0.3 is 10.5 Å². The summed E-state index contributed by atoms with van der Waals surface area (Å²) in [5, 5.41) is 0.728. The van der Waals surface area contributed by atoms with Crippen molar-refractivity contribution in [1.82, 2.24) is 0 Å². The van der Waals surface area contributed by atoms with E-state index in [1.165, 1.54) is 0 Å². The molecule has 0 aromatic heterocycles. The third-order valence-electron chi connectivity index (χ3n) is 3.70. The molecule has 0 aliphatic carbocycles. The highest BCUT2D eigenvalue weighted by Gasteiger charge is 2.38. The van der Waals surface area contributed by atoms with Crippen LogP contribution in [-0.2, 0) is 0 Å². The zero-order valence-electron chi connectivity index (χ0n) is 11.2. The lowest BCUT2D eigenvalue weighted by atomic mass is 9.81. The van der Waals surface area contributed by atoms with Crippen molar-refractivity contribution in [2.45, 2.75) is 57.6 Å². The van der Waals surface area contributed by atoms with Crippen LogP contribution in [0.4, 0.5) is 0 Å². The van der Waals surface area contributed by atoms with Gasteiger partial charge in [-0.15, -0.1) is 0 Å². The molecule has 0 amide bonds. The molecule has 0 unspecified atom stereocenters. The van der Waals surface area contributed by atoms with Crippen LogP contribution in [0.2, 0.25) is 5.02 Å². The number of benzene rings is 1. The molecule has 1 atom stereocenters. The van der Waals surface area contributed by atoms with Crippen LogP contribution in [0.15, 0.2) is 18.2 Å². The maximum absolute atomic E-state index is 6.31. The molecule has 0 bridgehead atoms. The maximum atomic E-state index is 6.31. The number of nitrogens with two attached hydrogens (primary N) is 1. The Morgan fingerprint density at radius 2 is 2.00 bits per heavy atom. The summed E-state index contributed by atoms with van der Waals surface area (Å²) in [6.45, 7) is 4.40. The van der Waals surface area contributed by atoms with Crippen LogP contribution in [0.3, 0.4) is 0 Å². The molecule has 0 spiro atoms. The number of hydrogen-bond acceptors (Lipinski definition) is 2. The van der Waals surface area contributed by atoms with Gasteiger partial charge in [0.15, 0.2) is 0 Å². The highest BCUT2D eigenvalue weighted by Crippen LogP contribution is 2.43. The molecule has 2 nitrogen and oxygen atoms in total. The third-order valence-corrected chi connectivity index (χ3v) is 3.94. The summed E-state index contributed by atoms with van der Waals surface area (Å²) in [4.78, 5) is 0. The van der Waals surface area contributed by atoms with Gasteiger partial charge in [0.05, 0.1) is 0 Å². The monoisotopic (exact) mass is 267 g/mol. The minimum atomic E-state index is -0.0796. The molecule has 1 heterocycles. The Hall–Kier alpha value is -0.730. The first-order valence-corrected chi connectivity index (χ1v) is 7.22. The Kier molecular flexibility index (Phi) is 4.18. The summed E-state index contributed by atoms with van der Waals surface area (Å²) < 4.78 is 6.29. The predicted octanol–water partition coefficient (Wildman–Crippen LogP) is 4.46. The Morgan fingerprint density at radius 3 is 2.61 bits per heavy atom. The fourth-order valence-corrected chi connectivity index (χ4v) is 3.21. The van der Waals surface area contributed by atoms with Gasteiger partial charge in [-0.05, 0) is 31.0 Å². The average molecular weight is 268 g/mol. The lowest BCUT2D eigenvalue weighted by Crippen LogP contribution is -2.42. The van der Waals surface area contributed by atoms with Crippen molar-refractivity contribution in [3.05, 3.63) is 28.8 Å². The van der Waals surface area contributed by atoms with E-state index in [0.29, 0.717) is 0 Å². The number of rotatable bonds is 4. The summed E-state index contributed by atoms with van der Waals surface area (Å²) in [5.74, 6) is 0.917. The first-order valence-electron chi connectivity index (χ1n) is 6.84. The van der Waals surface area contributed by atoms with Gasteiger partial charge in [0, 0.05) is 23.0 Å². The minimum Gasteiger partial charge on any atom is -0.487 e. The highest BCUT2D eigenvalue weighted by molar-refractivity contribution is 6.30. The van der Waals surface area contributed by atoms with Crippen molar-refractivity contribution in [1.29, 1.82) is 0 Å². The van der Waals surface area contributed by atoms with Gasteiger partial charge >= 0.3 is 0 Å². The number of hydrogen-bond donors (Lipinski definition) is 1. The van der Waals surface area contributed by atoms with E-state index in [2.05, 4.69) is 13.8 Å². The Morgan fingerprint density at radius 1 is 1.33 bits per heavy atom. The summed E-state index contributed by atoms with van der Waals surface area (Å²) in [7, 11) is 0. The quantitative estimate of drug-likeness (QED) is 0.874. The van der Waals surface area contributed by atoms with E-state index in [9.17, 15) is 0 Å². The third kappa shape index (κ3) is 2.65. The molecule has 1 aliphatic rings. The van der Waals surface area contributed by atoms with Gasteiger partial charge in [-0.2, -0.15) is 0 Å². The van der Waals surface area contributed by atoms with Gasteiger partial charge in [-0.3, -0.25) is 0 Å². The van der Waals surface area contributed by atoms with Gasteiger partial charge in [-0.25, -0.2) is 0 Å². The number of ether oxygens (including phenoxy) is 1. The van der Waals surface area contributed by atoms with Crippen molar-refractivity contribution in [3.63, 3.8) is 0 Å². The van der Waals surface area contributed by atoms with Crippen LogP contribution in [0, 0.1) is 0 Å². The van der Waals surface area contributed by atoms with Crippen LogP contribution < -0.4 is 10.5 Å². The van der Waals surface area contributed by atoms with E-state index in [4.69, 9.17) is 22.1 Å². The van der Waals surface area contributed by atoms with Crippen LogP contribution in [0.5, 0.6) is 5.75 Å². The number of halogens is 1. The van der Waals surface area contributed by atoms with Gasteiger partial charge in [0.2, 0.25) is 0 Å². The van der Waals surface area contributed by atoms with E-state index in [1.807, 2.05) is 18.2 Å². The van der Waals surface area contributed by atoms with E-state index in [-0.39, 0.29) is 11.6 Å². The molecule has 1 aliphatic heterocycles. The first kappa shape index (κ1) is 13.7. The average Bonchev–Trinajstić information content (AvgIpc) is 2.31. The Bertz CT molecular complexity index is 413. The maximum Gasteiger partial charge on any atom is 0.125 e. The first-order chi connectivity index (χ1) is 8.60. The fraction of sp³-hybridized carbons (Fsp3) is 0.600. The second-order valence-electron chi connectivity index (χ2n) is 5.28. The smallest absolute Gasteiger partial charge is 0.125 e. The summed E-state index contributed by atoms with van der Waals surface area (Å²) in [6, 6.07) is 5.80. The fourth-order valence-electron chi connectivity index (χ4n) is 3.03. The lowest BCUT2D eigenvalue weighted by Gasteiger charge is -2.41. The van der Waals surface area contributed by atoms with Gasteiger partial charge in [-0.1, -0.05) is 38.3 Å². The van der Waals surface area contributed by atoms with E-state index in [0.717, 1.165) is 48.4 Å². The summed E-state index contributed by atoms with van der Waals surface area (Å²) in [6.07, 6.45) is 5.26. The van der Waals surface area contributed by atoms with Crippen molar-refractivity contribution in [2.75, 3.05) is 0 Å². The Labute approximate surface area is 114 Å². The number of fused-ring (bicyclic) bond motifs is 1. The van der Waals surface area contributed by atoms with Crippen LogP contribution >= 0.6 is 11.6 Å². The highest BCUT2D eigenvalue weighted by atomic mass is 35.5. The topological polar surface area (TPSA) is 35.2 Å². The molecule has 0 saturated carbocycles. The SMILES string of the molecule is CCCC1(CCC)C[C@H](N)c2cc(Cl)ccc2O1. The standard InChI is InChI=1S/C15H22ClNO/c1-3-7-15(8-4-2)10-13(17)12-9-11(16)5-6-14(12)18-15/h5-6,9,13H,3-4,7-8,10,17H2,1-2H3/t13-/m0/s1. The van der Waals surface area contributed by atoms with Crippen molar-refractivity contribution >= 4 is 11.6 Å². The second-order valence-corrected chi connectivity index (χ2v) is 5.71. The van der Waals surface area contributed by atoms with E-state index in [1.54, 1.807) is 0 Å². The molecule has 0 saturated heterocycles. The van der Waals surface area contributed by atoms with E-state index >= 15 is 0 Å². The molecule has 1 aromatic rings.